The maximum absolute atomic E-state index is 5.43. The fourth-order valence-corrected chi connectivity index (χ4v) is 1.34. The number of terminal acetylenes is 1. The molecule has 0 aliphatic rings. The van der Waals surface area contributed by atoms with Crippen LogP contribution in [0.4, 0.5) is 0 Å². The molecule has 0 N–H and O–H groups in total. The zero-order valence-corrected chi connectivity index (χ0v) is 13.1. The van der Waals surface area contributed by atoms with Crippen LogP contribution in [0.15, 0.2) is 0 Å². The van der Waals surface area contributed by atoms with Gasteiger partial charge in [0.2, 0.25) is 0 Å². The van der Waals surface area contributed by atoms with Crippen molar-refractivity contribution in [2.75, 3.05) is 0 Å². The van der Waals surface area contributed by atoms with Gasteiger partial charge in [0, 0.05) is 0 Å². The Labute approximate surface area is 109 Å². The summed E-state index contributed by atoms with van der Waals surface area (Å²) >= 11 is 0. The van der Waals surface area contributed by atoms with Gasteiger partial charge in [0.05, 0.1) is 0 Å². The predicted molar refractivity (Wildman–Crippen MR) is 63.2 cm³/mol. The Hall–Kier alpha value is -0.532. The topological polar surface area (TPSA) is 0 Å². The molecule has 1 rings (SSSR count). The van der Waals surface area contributed by atoms with Gasteiger partial charge >= 0.3 is 21.1 Å². The van der Waals surface area contributed by atoms with Crippen molar-refractivity contribution in [1.29, 1.82) is 0 Å². The summed E-state index contributed by atoms with van der Waals surface area (Å²) < 4.78 is 0. The molecule has 15 heavy (non-hydrogen) atoms. The van der Waals surface area contributed by atoms with Crippen molar-refractivity contribution in [3.8, 4) is 12.3 Å². The average Bonchev–Trinajstić information content (AvgIpc) is 2.19. The largest absolute Gasteiger partial charge is 2.00 e. The predicted octanol–water partition coefficient (Wildman–Crippen LogP) is 3.54. The summed E-state index contributed by atoms with van der Waals surface area (Å²) in [4.78, 5) is 0. The smallest absolute Gasteiger partial charge is 0.346 e. The Balaban J connectivity index is 0. The quantitative estimate of drug-likeness (QED) is 0.484. The summed E-state index contributed by atoms with van der Waals surface area (Å²) in [5.41, 5.74) is 5.71. The van der Waals surface area contributed by atoms with E-state index in [1.165, 1.54) is 11.1 Å². The molecule has 0 saturated heterocycles. The zero-order valence-electron chi connectivity index (χ0n) is 10.2. The molecule has 0 atom stereocenters. The molecule has 80 valence electrons. The molecular formula is C14H18W. The number of aryl methyl sites for hydroxylation is 2. The van der Waals surface area contributed by atoms with Crippen LogP contribution in [-0.2, 0) is 21.1 Å². The van der Waals surface area contributed by atoms with Gasteiger partial charge in [-0.2, -0.15) is 24.1 Å². The molecule has 0 radical (unpaired) electrons. The molecule has 0 amide bonds. The third kappa shape index (κ3) is 3.84. The number of benzene rings is 1. The van der Waals surface area contributed by atoms with Crippen LogP contribution < -0.4 is 0 Å². The fraction of sp³-hybridized carbons (Fsp3) is 0.357. The van der Waals surface area contributed by atoms with Crippen LogP contribution in [0.5, 0.6) is 0 Å². The molecule has 1 aromatic carbocycles. The second-order valence-corrected chi connectivity index (χ2v) is 3.14. The van der Waals surface area contributed by atoms with Gasteiger partial charge in [0.1, 0.15) is 0 Å². The van der Waals surface area contributed by atoms with Crippen LogP contribution in [0.25, 0.3) is 0 Å². The maximum Gasteiger partial charge on any atom is 2.00 e. The third-order valence-electron chi connectivity index (χ3n) is 2.39. The van der Waals surface area contributed by atoms with Crippen molar-refractivity contribution in [3.63, 3.8) is 0 Å². The Morgan fingerprint density at radius 3 is 1.60 bits per heavy atom. The monoisotopic (exact) mass is 370 g/mol. The van der Waals surface area contributed by atoms with Crippen LogP contribution in [-0.4, -0.2) is 0 Å². The summed E-state index contributed by atoms with van der Waals surface area (Å²) in [6, 6.07) is 3.29. The summed E-state index contributed by atoms with van der Waals surface area (Å²) in [6.45, 7) is 13.2. The second-order valence-electron chi connectivity index (χ2n) is 3.14. The van der Waals surface area contributed by atoms with Crippen molar-refractivity contribution < 1.29 is 21.1 Å². The van der Waals surface area contributed by atoms with E-state index in [0.717, 1.165) is 16.7 Å². The van der Waals surface area contributed by atoms with Crippen LogP contribution in [0.1, 0.15) is 34.7 Å². The SMILES string of the molecule is C#Cc1c(C)c(C)[c-]c(C)c1C.[CH2-]C.[W+2]. The Morgan fingerprint density at radius 1 is 1.00 bits per heavy atom. The molecule has 0 aliphatic heterocycles. The first-order valence-corrected chi connectivity index (χ1v) is 4.75. The van der Waals surface area contributed by atoms with Gasteiger partial charge in [0.25, 0.3) is 0 Å². The van der Waals surface area contributed by atoms with E-state index in [-0.39, 0.29) is 21.1 Å². The zero-order chi connectivity index (χ0) is 11.3. The Morgan fingerprint density at radius 2 is 1.33 bits per heavy atom. The second kappa shape index (κ2) is 7.72. The first-order valence-electron chi connectivity index (χ1n) is 4.75. The van der Waals surface area contributed by atoms with Gasteiger partial charge in [0.15, 0.2) is 0 Å². The summed E-state index contributed by atoms with van der Waals surface area (Å²) in [6.07, 6.45) is 5.43. The summed E-state index contributed by atoms with van der Waals surface area (Å²) in [7, 11) is 0. The van der Waals surface area contributed by atoms with Crippen LogP contribution in [0, 0.1) is 53.0 Å². The molecule has 0 fully saturated rings. The van der Waals surface area contributed by atoms with E-state index in [4.69, 9.17) is 6.42 Å². The molecule has 0 spiro atoms. The standard InChI is InChI=1S/C12H13.C2H5.W/c1-6-12-10(4)8(2)7-9(3)11(12)5;1-2;/h1H,2-5H3;1H2,2H3;/q2*-1;+2. The van der Waals surface area contributed by atoms with Crippen LogP contribution >= 0.6 is 0 Å². The minimum absolute atomic E-state index is 0. The minimum atomic E-state index is 0. The summed E-state index contributed by atoms with van der Waals surface area (Å²) in [5, 5.41) is 0. The van der Waals surface area contributed by atoms with Crippen LogP contribution in [0.2, 0.25) is 0 Å². The van der Waals surface area contributed by atoms with E-state index in [9.17, 15) is 0 Å². The summed E-state index contributed by atoms with van der Waals surface area (Å²) in [5.74, 6) is 2.73. The van der Waals surface area contributed by atoms with E-state index < -0.39 is 0 Å². The van der Waals surface area contributed by atoms with Gasteiger partial charge in [-0.1, -0.05) is 39.2 Å². The van der Waals surface area contributed by atoms with E-state index in [1.807, 2.05) is 27.7 Å². The van der Waals surface area contributed by atoms with Crippen molar-refractivity contribution in [2.45, 2.75) is 34.6 Å². The fourth-order valence-electron chi connectivity index (χ4n) is 1.34. The Kier molecular flexibility index (Phi) is 8.69. The number of hydrogen-bond acceptors (Lipinski definition) is 0. The van der Waals surface area contributed by atoms with E-state index in [2.05, 4.69) is 18.9 Å². The van der Waals surface area contributed by atoms with Crippen molar-refractivity contribution in [2.24, 2.45) is 0 Å². The van der Waals surface area contributed by atoms with Crippen molar-refractivity contribution in [1.82, 2.24) is 0 Å². The first-order chi connectivity index (χ1) is 6.57. The number of hydrogen-bond donors (Lipinski definition) is 0. The van der Waals surface area contributed by atoms with Gasteiger partial charge in [-0.3, -0.25) is 0 Å². The van der Waals surface area contributed by atoms with Gasteiger partial charge in [-0.05, 0) is 0 Å². The molecule has 1 heteroatoms. The van der Waals surface area contributed by atoms with Gasteiger partial charge in [-0.15, -0.1) is 17.6 Å². The molecule has 0 heterocycles. The normalized spacial score (nSPS) is 8.07. The maximum atomic E-state index is 5.43. The third-order valence-corrected chi connectivity index (χ3v) is 2.39. The van der Waals surface area contributed by atoms with Crippen LogP contribution in [0.3, 0.4) is 0 Å². The molecule has 0 aromatic heterocycles. The van der Waals surface area contributed by atoms with Crippen molar-refractivity contribution >= 4 is 0 Å². The molecule has 0 nitrogen and oxygen atoms in total. The molecule has 0 saturated carbocycles. The average molecular weight is 370 g/mol. The van der Waals surface area contributed by atoms with E-state index in [1.54, 1.807) is 6.92 Å². The van der Waals surface area contributed by atoms with E-state index in [0.29, 0.717) is 0 Å². The van der Waals surface area contributed by atoms with Crippen molar-refractivity contribution in [3.05, 3.63) is 40.8 Å². The molecular weight excluding hydrogens is 352 g/mol. The molecule has 0 unspecified atom stereocenters. The van der Waals surface area contributed by atoms with Gasteiger partial charge in [-0.25, -0.2) is 0 Å². The van der Waals surface area contributed by atoms with Gasteiger partial charge < -0.3 is 6.92 Å². The molecule has 0 aliphatic carbocycles. The first kappa shape index (κ1) is 16.9. The van der Waals surface area contributed by atoms with E-state index >= 15 is 0 Å². The molecule has 0 bridgehead atoms. The number of rotatable bonds is 0. The molecule has 1 aromatic rings. The minimum Gasteiger partial charge on any atom is -0.346 e. The Bertz CT molecular complexity index is 330.